The molecule has 104 valence electrons. The number of methoxy groups -OCH3 is 1. The standard InChI is InChI=1S/C14H19FN2O2/c1-19-13-5-7-17(8-6-13)10-14(18)16-12-4-2-3-11(15)9-12/h2-4,9,13H,5-8,10H2,1H3,(H,16,18). The van der Waals surface area contributed by atoms with Crippen LogP contribution in [0.5, 0.6) is 0 Å². The summed E-state index contributed by atoms with van der Waals surface area (Å²) in [6, 6.07) is 5.92. The molecule has 19 heavy (non-hydrogen) atoms. The number of amides is 1. The zero-order valence-electron chi connectivity index (χ0n) is 11.1. The van der Waals surface area contributed by atoms with E-state index in [9.17, 15) is 9.18 Å². The van der Waals surface area contributed by atoms with Gasteiger partial charge in [0.2, 0.25) is 5.91 Å². The number of carbonyl (C=O) groups excluding carboxylic acids is 1. The highest BCUT2D eigenvalue weighted by Gasteiger charge is 2.20. The normalized spacial score (nSPS) is 17.4. The minimum atomic E-state index is -0.348. The molecular formula is C14H19FN2O2. The minimum Gasteiger partial charge on any atom is -0.381 e. The molecule has 0 unspecified atom stereocenters. The maximum Gasteiger partial charge on any atom is 0.238 e. The molecule has 1 aliphatic heterocycles. The lowest BCUT2D eigenvalue weighted by molar-refractivity contribution is -0.117. The van der Waals surface area contributed by atoms with Crippen molar-refractivity contribution in [3.05, 3.63) is 30.1 Å². The smallest absolute Gasteiger partial charge is 0.238 e. The summed E-state index contributed by atoms with van der Waals surface area (Å²) < 4.78 is 18.3. The van der Waals surface area contributed by atoms with E-state index in [4.69, 9.17) is 4.74 Å². The van der Waals surface area contributed by atoms with Crippen molar-refractivity contribution in [2.24, 2.45) is 0 Å². The molecule has 5 heteroatoms. The second-order valence-corrected chi connectivity index (χ2v) is 4.77. The van der Waals surface area contributed by atoms with Gasteiger partial charge >= 0.3 is 0 Å². The van der Waals surface area contributed by atoms with E-state index in [1.165, 1.54) is 12.1 Å². The monoisotopic (exact) mass is 266 g/mol. The molecular weight excluding hydrogens is 247 g/mol. The molecule has 1 aromatic carbocycles. The molecule has 1 amide bonds. The fraction of sp³-hybridized carbons (Fsp3) is 0.500. The van der Waals surface area contributed by atoms with Crippen molar-refractivity contribution in [2.75, 3.05) is 32.1 Å². The Hall–Kier alpha value is -1.46. The molecule has 1 N–H and O–H groups in total. The Labute approximate surface area is 112 Å². The fourth-order valence-corrected chi connectivity index (χ4v) is 2.27. The van der Waals surface area contributed by atoms with Crippen molar-refractivity contribution in [3.8, 4) is 0 Å². The third kappa shape index (κ3) is 4.29. The van der Waals surface area contributed by atoms with E-state index in [-0.39, 0.29) is 11.7 Å². The molecule has 0 aromatic heterocycles. The van der Waals surface area contributed by atoms with Crippen LogP contribution in [-0.2, 0) is 9.53 Å². The lowest BCUT2D eigenvalue weighted by Gasteiger charge is -2.30. The molecule has 0 atom stereocenters. The Kier molecular flexibility index (Phi) is 4.87. The first-order chi connectivity index (χ1) is 9.17. The Morgan fingerprint density at radius 3 is 2.84 bits per heavy atom. The van der Waals surface area contributed by atoms with Crippen molar-refractivity contribution < 1.29 is 13.9 Å². The molecule has 1 saturated heterocycles. The molecule has 0 saturated carbocycles. The van der Waals surface area contributed by atoms with Crippen LogP contribution in [0, 0.1) is 5.82 Å². The zero-order chi connectivity index (χ0) is 13.7. The molecule has 2 rings (SSSR count). The van der Waals surface area contributed by atoms with Crippen LogP contribution in [0.2, 0.25) is 0 Å². The van der Waals surface area contributed by atoms with Crippen LogP contribution >= 0.6 is 0 Å². The van der Waals surface area contributed by atoms with Gasteiger partial charge in [-0.1, -0.05) is 6.07 Å². The Bertz CT molecular complexity index is 431. The van der Waals surface area contributed by atoms with Crippen LogP contribution in [0.1, 0.15) is 12.8 Å². The van der Waals surface area contributed by atoms with Crippen LogP contribution in [0.3, 0.4) is 0 Å². The van der Waals surface area contributed by atoms with Gasteiger partial charge in [-0.3, -0.25) is 9.69 Å². The number of benzene rings is 1. The van der Waals surface area contributed by atoms with Crippen LogP contribution in [0.25, 0.3) is 0 Å². The average Bonchev–Trinajstić information content (AvgIpc) is 2.39. The third-order valence-electron chi connectivity index (χ3n) is 3.34. The maximum absolute atomic E-state index is 13.0. The quantitative estimate of drug-likeness (QED) is 0.904. The number of nitrogens with zero attached hydrogens (tertiary/aromatic N) is 1. The average molecular weight is 266 g/mol. The molecule has 0 bridgehead atoms. The number of carbonyl (C=O) groups is 1. The van der Waals surface area contributed by atoms with E-state index >= 15 is 0 Å². The highest BCUT2D eigenvalue weighted by atomic mass is 19.1. The van der Waals surface area contributed by atoms with E-state index in [0.29, 0.717) is 18.3 Å². The molecule has 1 aromatic rings. The van der Waals surface area contributed by atoms with Crippen molar-refractivity contribution in [1.29, 1.82) is 0 Å². The largest absolute Gasteiger partial charge is 0.381 e. The van der Waals surface area contributed by atoms with E-state index in [0.717, 1.165) is 25.9 Å². The fourth-order valence-electron chi connectivity index (χ4n) is 2.27. The van der Waals surface area contributed by atoms with Gasteiger partial charge in [-0.2, -0.15) is 0 Å². The number of piperidine rings is 1. The highest BCUT2D eigenvalue weighted by Crippen LogP contribution is 2.13. The number of likely N-dealkylation sites (tertiary alicyclic amines) is 1. The first kappa shape index (κ1) is 14.0. The predicted octanol–water partition coefficient (Wildman–Crippen LogP) is 1.87. The lowest BCUT2D eigenvalue weighted by atomic mass is 10.1. The van der Waals surface area contributed by atoms with Crippen LogP contribution < -0.4 is 5.32 Å². The van der Waals surface area contributed by atoms with E-state index < -0.39 is 0 Å². The summed E-state index contributed by atoms with van der Waals surface area (Å²) in [4.78, 5) is 13.9. The Morgan fingerprint density at radius 1 is 1.47 bits per heavy atom. The highest BCUT2D eigenvalue weighted by molar-refractivity contribution is 5.92. The second kappa shape index (κ2) is 6.63. The first-order valence-corrected chi connectivity index (χ1v) is 6.48. The number of anilines is 1. The van der Waals surface area contributed by atoms with Gasteiger partial charge in [-0.05, 0) is 31.0 Å². The maximum atomic E-state index is 13.0. The van der Waals surface area contributed by atoms with Gasteiger partial charge in [0.05, 0.1) is 12.6 Å². The summed E-state index contributed by atoms with van der Waals surface area (Å²) in [7, 11) is 1.72. The molecule has 0 aliphatic carbocycles. The van der Waals surface area contributed by atoms with E-state index in [1.807, 2.05) is 0 Å². The first-order valence-electron chi connectivity index (χ1n) is 6.48. The van der Waals surface area contributed by atoms with Crippen LogP contribution in [0.4, 0.5) is 10.1 Å². The van der Waals surface area contributed by atoms with Gasteiger partial charge < -0.3 is 10.1 Å². The molecule has 1 fully saturated rings. The van der Waals surface area contributed by atoms with Crippen molar-refractivity contribution in [3.63, 3.8) is 0 Å². The predicted molar refractivity (Wildman–Crippen MR) is 71.5 cm³/mol. The molecule has 0 radical (unpaired) electrons. The van der Waals surface area contributed by atoms with Gasteiger partial charge in [0.1, 0.15) is 5.82 Å². The summed E-state index contributed by atoms with van der Waals surface area (Å²) in [6.07, 6.45) is 2.20. The lowest BCUT2D eigenvalue weighted by Crippen LogP contribution is -2.41. The zero-order valence-corrected chi connectivity index (χ0v) is 11.1. The minimum absolute atomic E-state index is 0.110. The topological polar surface area (TPSA) is 41.6 Å². The second-order valence-electron chi connectivity index (χ2n) is 4.77. The third-order valence-corrected chi connectivity index (χ3v) is 3.34. The van der Waals surface area contributed by atoms with Crippen molar-refractivity contribution >= 4 is 11.6 Å². The SMILES string of the molecule is COC1CCN(CC(=O)Nc2cccc(F)c2)CC1. The number of rotatable bonds is 4. The van der Waals surface area contributed by atoms with Crippen LogP contribution in [-0.4, -0.2) is 43.7 Å². The molecule has 0 spiro atoms. The number of halogens is 1. The summed E-state index contributed by atoms with van der Waals surface area (Å²) in [5.74, 6) is -0.458. The van der Waals surface area contributed by atoms with Crippen LogP contribution in [0.15, 0.2) is 24.3 Å². The van der Waals surface area contributed by atoms with Gasteiger partial charge in [-0.15, -0.1) is 0 Å². The number of nitrogens with one attached hydrogen (secondary N) is 1. The van der Waals surface area contributed by atoms with Crippen molar-refractivity contribution in [1.82, 2.24) is 4.90 Å². The summed E-state index contributed by atoms with van der Waals surface area (Å²) in [5, 5.41) is 2.70. The van der Waals surface area contributed by atoms with Gasteiger partial charge in [0.15, 0.2) is 0 Å². The molecule has 4 nitrogen and oxygen atoms in total. The number of hydrogen-bond donors (Lipinski definition) is 1. The Balaban J connectivity index is 1.79. The molecule has 1 heterocycles. The summed E-state index contributed by atoms with van der Waals surface area (Å²) >= 11 is 0. The van der Waals surface area contributed by atoms with Gasteiger partial charge in [-0.25, -0.2) is 4.39 Å². The molecule has 1 aliphatic rings. The number of ether oxygens (including phenoxy) is 1. The van der Waals surface area contributed by atoms with Gasteiger partial charge in [0, 0.05) is 25.9 Å². The van der Waals surface area contributed by atoms with E-state index in [2.05, 4.69) is 10.2 Å². The van der Waals surface area contributed by atoms with Crippen molar-refractivity contribution in [2.45, 2.75) is 18.9 Å². The number of hydrogen-bond acceptors (Lipinski definition) is 3. The summed E-state index contributed by atoms with van der Waals surface area (Å²) in [5.41, 5.74) is 0.497. The Morgan fingerprint density at radius 2 is 2.21 bits per heavy atom. The van der Waals surface area contributed by atoms with E-state index in [1.54, 1.807) is 19.2 Å². The summed E-state index contributed by atoms with van der Waals surface area (Å²) in [6.45, 7) is 2.05. The van der Waals surface area contributed by atoms with Gasteiger partial charge in [0.25, 0.3) is 0 Å².